The van der Waals surface area contributed by atoms with Gasteiger partial charge in [0.15, 0.2) is 0 Å². The zero-order chi connectivity index (χ0) is 25.1. The Kier molecular flexibility index (Phi) is 7.51. The van der Waals surface area contributed by atoms with E-state index in [1.54, 1.807) is 18.5 Å². The second-order valence-corrected chi connectivity index (χ2v) is 15.6. The summed E-state index contributed by atoms with van der Waals surface area (Å²) >= 11 is 0. The van der Waals surface area contributed by atoms with E-state index in [1.807, 2.05) is 22.8 Å². The number of rotatable bonds is 8. The fourth-order valence-electron chi connectivity index (χ4n) is 3.97. The summed E-state index contributed by atoms with van der Waals surface area (Å²) in [5.74, 6) is 1.65. The number of ether oxygens (including phenoxy) is 1. The standard InChI is InChI=1S/C25H32F3N5OSi/c1-35(2,3)16-15-34-19-33-18-22(20-7-6-8-21(17-20)25(26,27)28)30-24(33)32-13-11-31(12-14-32)23-9-4-5-10-29-23/h4-10,17-18H,11-16,19H2,1-3H3. The van der Waals surface area contributed by atoms with Crippen molar-refractivity contribution in [3.8, 4) is 11.3 Å². The van der Waals surface area contributed by atoms with Crippen molar-refractivity contribution < 1.29 is 17.9 Å². The average molecular weight is 504 g/mol. The Bertz CT molecular complexity index is 1110. The number of benzene rings is 1. The molecule has 2 aromatic heterocycles. The summed E-state index contributed by atoms with van der Waals surface area (Å²) in [5, 5.41) is 0. The Balaban J connectivity index is 1.54. The molecule has 1 saturated heterocycles. The molecule has 0 bridgehead atoms. The summed E-state index contributed by atoms with van der Waals surface area (Å²) in [6.07, 6.45) is -0.818. The molecule has 6 nitrogen and oxygen atoms in total. The highest BCUT2D eigenvalue weighted by Crippen LogP contribution is 2.33. The molecule has 1 aliphatic heterocycles. The van der Waals surface area contributed by atoms with Gasteiger partial charge in [0.2, 0.25) is 5.95 Å². The molecule has 0 atom stereocenters. The maximum absolute atomic E-state index is 13.3. The van der Waals surface area contributed by atoms with Crippen molar-refractivity contribution in [1.29, 1.82) is 0 Å². The molecule has 0 aliphatic carbocycles. The van der Waals surface area contributed by atoms with Gasteiger partial charge in [-0.1, -0.05) is 37.8 Å². The van der Waals surface area contributed by atoms with E-state index >= 15 is 0 Å². The predicted molar refractivity (Wildman–Crippen MR) is 135 cm³/mol. The number of hydrogen-bond acceptors (Lipinski definition) is 5. The van der Waals surface area contributed by atoms with Crippen LogP contribution in [0.25, 0.3) is 11.3 Å². The van der Waals surface area contributed by atoms with Crippen LogP contribution in [0.15, 0.2) is 54.9 Å². The number of aromatic nitrogens is 3. The van der Waals surface area contributed by atoms with Crippen LogP contribution in [0.4, 0.5) is 24.9 Å². The third-order valence-corrected chi connectivity index (χ3v) is 7.71. The van der Waals surface area contributed by atoms with Gasteiger partial charge in [-0.25, -0.2) is 9.97 Å². The van der Waals surface area contributed by atoms with Crippen LogP contribution in [0.3, 0.4) is 0 Å². The molecule has 0 saturated carbocycles. The zero-order valence-electron chi connectivity index (χ0n) is 20.4. The Hall–Kier alpha value is -2.85. The molecule has 10 heteroatoms. The number of nitrogens with zero attached hydrogens (tertiary/aromatic N) is 5. The summed E-state index contributed by atoms with van der Waals surface area (Å²) in [4.78, 5) is 13.6. The van der Waals surface area contributed by atoms with Gasteiger partial charge in [-0.15, -0.1) is 0 Å². The molecule has 0 N–H and O–H groups in total. The number of imidazole rings is 1. The first-order chi connectivity index (χ1) is 16.6. The number of hydrogen-bond donors (Lipinski definition) is 0. The Morgan fingerprint density at radius 1 is 0.971 bits per heavy atom. The molecule has 188 valence electrons. The lowest BCUT2D eigenvalue weighted by molar-refractivity contribution is -0.137. The molecule has 0 amide bonds. The van der Waals surface area contributed by atoms with E-state index in [0.717, 1.165) is 50.2 Å². The third-order valence-electron chi connectivity index (χ3n) is 6.00. The normalized spacial score (nSPS) is 15.0. The number of alkyl halides is 3. The van der Waals surface area contributed by atoms with Gasteiger partial charge in [0, 0.05) is 58.8 Å². The smallest absolute Gasteiger partial charge is 0.361 e. The van der Waals surface area contributed by atoms with Crippen molar-refractivity contribution >= 4 is 19.8 Å². The lowest BCUT2D eigenvalue weighted by atomic mass is 10.1. The van der Waals surface area contributed by atoms with Gasteiger partial charge in [-0.2, -0.15) is 13.2 Å². The Morgan fingerprint density at radius 2 is 1.71 bits per heavy atom. The van der Waals surface area contributed by atoms with Crippen molar-refractivity contribution in [1.82, 2.24) is 14.5 Å². The largest absolute Gasteiger partial charge is 0.416 e. The van der Waals surface area contributed by atoms with Crippen molar-refractivity contribution in [3.05, 3.63) is 60.4 Å². The van der Waals surface area contributed by atoms with E-state index in [2.05, 4.69) is 34.4 Å². The summed E-state index contributed by atoms with van der Waals surface area (Å²) in [6, 6.07) is 12.2. The average Bonchev–Trinajstić information content (AvgIpc) is 3.26. The van der Waals surface area contributed by atoms with Crippen molar-refractivity contribution in [2.45, 2.75) is 38.6 Å². The summed E-state index contributed by atoms with van der Waals surface area (Å²) in [6.45, 7) is 10.9. The van der Waals surface area contributed by atoms with Gasteiger partial charge < -0.3 is 14.5 Å². The Morgan fingerprint density at radius 3 is 2.37 bits per heavy atom. The first-order valence-corrected chi connectivity index (χ1v) is 15.5. The molecule has 3 heterocycles. The quantitative estimate of drug-likeness (QED) is 0.296. The molecule has 1 fully saturated rings. The lowest BCUT2D eigenvalue weighted by Gasteiger charge is -2.36. The van der Waals surface area contributed by atoms with E-state index in [0.29, 0.717) is 30.5 Å². The molecule has 1 aliphatic rings. The highest BCUT2D eigenvalue weighted by atomic mass is 28.3. The summed E-state index contributed by atoms with van der Waals surface area (Å²) in [5.41, 5.74) is 0.266. The van der Waals surface area contributed by atoms with Crippen LogP contribution < -0.4 is 9.80 Å². The van der Waals surface area contributed by atoms with E-state index in [4.69, 9.17) is 9.72 Å². The van der Waals surface area contributed by atoms with Gasteiger partial charge in [0.05, 0.1) is 11.3 Å². The van der Waals surface area contributed by atoms with Crippen molar-refractivity contribution in [2.75, 3.05) is 42.6 Å². The van der Waals surface area contributed by atoms with E-state index in [1.165, 1.54) is 6.07 Å². The summed E-state index contributed by atoms with van der Waals surface area (Å²) in [7, 11) is -1.23. The van der Waals surface area contributed by atoms with E-state index < -0.39 is 19.8 Å². The highest BCUT2D eigenvalue weighted by Gasteiger charge is 2.31. The number of piperazine rings is 1. The fourth-order valence-corrected chi connectivity index (χ4v) is 4.72. The zero-order valence-corrected chi connectivity index (χ0v) is 21.4. The molecule has 0 spiro atoms. The summed E-state index contributed by atoms with van der Waals surface area (Å²) < 4.78 is 47.7. The molecule has 3 aromatic rings. The molecule has 1 aromatic carbocycles. The van der Waals surface area contributed by atoms with Crippen LogP contribution in [0.5, 0.6) is 0 Å². The molecule has 0 unspecified atom stereocenters. The van der Waals surface area contributed by atoms with Gasteiger partial charge in [0.25, 0.3) is 0 Å². The highest BCUT2D eigenvalue weighted by molar-refractivity contribution is 6.76. The minimum absolute atomic E-state index is 0.312. The molecule has 35 heavy (non-hydrogen) atoms. The third kappa shape index (κ3) is 6.64. The predicted octanol–water partition coefficient (Wildman–Crippen LogP) is 5.60. The lowest BCUT2D eigenvalue weighted by Crippen LogP contribution is -2.47. The van der Waals surface area contributed by atoms with Crippen LogP contribution in [-0.2, 0) is 17.6 Å². The first kappa shape index (κ1) is 25.2. The fraction of sp³-hybridized carbons (Fsp3) is 0.440. The maximum atomic E-state index is 13.3. The van der Waals surface area contributed by atoms with E-state index in [-0.39, 0.29) is 0 Å². The van der Waals surface area contributed by atoms with Crippen LogP contribution in [0.1, 0.15) is 5.56 Å². The molecule has 4 rings (SSSR count). The second kappa shape index (κ2) is 10.4. The monoisotopic (exact) mass is 503 g/mol. The van der Waals surface area contributed by atoms with Crippen molar-refractivity contribution in [3.63, 3.8) is 0 Å². The van der Waals surface area contributed by atoms with Crippen LogP contribution in [-0.4, -0.2) is 55.4 Å². The second-order valence-electron chi connectivity index (χ2n) is 9.98. The van der Waals surface area contributed by atoms with Gasteiger partial charge >= 0.3 is 6.18 Å². The SMILES string of the molecule is C[Si](C)(C)CCOCn1cc(-c2cccc(C(F)(F)F)c2)nc1N1CCN(c2ccccn2)CC1. The minimum Gasteiger partial charge on any atom is -0.361 e. The minimum atomic E-state index is -4.40. The van der Waals surface area contributed by atoms with Crippen molar-refractivity contribution in [2.24, 2.45) is 0 Å². The molecular formula is C25H32F3N5OSi. The van der Waals surface area contributed by atoms with Crippen LogP contribution >= 0.6 is 0 Å². The van der Waals surface area contributed by atoms with Gasteiger partial charge in [-0.3, -0.25) is 4.57 Å². The van der Waals surface area contributed by atoms with Gasteiger partial charge in [0.1, 0.15) is 12.5 Å². The molecular weight excluding hydrogens is 471 g/mol. The number of anilines is 2. The van der Waals surface area contributed by atoms with Crippen LogP contribution in [0, 0.1) is 0 Å². The van der Waals surface area contributed by atoms with Gasteiger partial charge in [-0.05, 0) is 30.3 Å². The number of halogens is 3. The maximum Gasteiger partial charge on any atom is 0.416 e. The Labute approximate surface area is 205 Å². The molecule has 0 radical (unpaired) electrons. The number of pyridine rings is 1. The van der Waals surface area contributed by atoms with Crippen LogP contribution in [0.2, 0.25) is 25.7 Å². The topological polar surface area (TPSA) is 46.4 Å². The van der Waals surface area contributed by atoms with E-state index in [9.17, 15) is 13.2 Å². The first-order valence-electron chi connectivity index (χ1n) is 11.8.